The van der Waals surface area contributed by atoms with E-state index in [1.807, 2.05) is 0 Å². The smallest absolute Gasteiger partial charge is 0.255 e. The van der Waals surface area contributed by atoms with E-state index in [4.69, 9.17) is 23.2 Å². The van der Waals surface area contributed by atoms with Crippen molar-refractivity contribution in [3.8, 4) is 0 Å². The van der Waals surface area contributed by atoms with E-state index in [1.54, 1.807) is 42.7 Å². The number of pyridine rings is 1. The molecule has 2 aromatic rings. The number of amides is 1. The lowest BCUT2D eigenvalue weighted by Gasteiger charge is -2.06. The van der Waals surface area contributed by atoms with E-state index in [1.165, 1.54) is 0 Å². The van der Waals surface area contributed by atoms with Crippen LogP contribution < -0.4 is 5.32 Å². The molecule has 0 aliphatic rings. The first kappa shape index (κ1) is 11.9. The van der Waals surface area contributed by atoms with Gasteiger partial charge >= 0.3 is 0 Å². The number of aromatic nitrogens is 1. The van der Waals surface area contributed by atoms with Crippen molar-refractivity contribution in [2.45, 2.75) is 0 Å². The number of halogens is 2. The third-order valence-corrected chi connectivity index (χ3v) is 2.50. The molecule has 0 radical (unpaired) electrons. The highest BCUT2D eigenvalue weighted by Crippen LogP contribution is 2.22. The van der Waals surface area contributed by atoms with Crippen molar-refractivity contribution in [2.75, 3.05) is 5.32 Å². The summed E-state index contributed by atoms with van der Waals surface area (Å²) in [6, 6.07) is 8.12. The molecule has 17 heavy (non-hydrogen) atoms. The molecule has 3 nitrogen and oxygen atoms in total. The molecule has 1 heterocycles. The van der Waals surface area contributed by atoms with Crippen LogP contribution in [0.25, 0.3) is 0 Å². The highest BCUT2D eigenvalue weighted by molar-refractivity contribution is 6.35. The van der Waals surface area contributed by atoms with Gasteiger partial charge in [0, 0.05) is 33.7 Å². The molecule has 1 amide bonds. The predicted octanol–water partition coefficient (Wildman–Crippen LogP) is 3.64. The minimum Gasteiger partial charge on any atom is -0.322 e. The molecule has 5 heteroatoms. The van der Waals surface area contributed by atoms with Crippen LogP contribution in [0.4, 0.5) is 5.69 Å². The quantitative estimate of drug-likeness (QED) is 0.902. The van der Waals surface area contributed by atoms with Crippen LogP contribution in [0.3, 0.4) is 0 Å². The number of hydrogen-bond acceptors (Lipinski definition) is 2. The number of benzene rings is 1. The topological polar surface area (TPSA) is 42.0 Å². The van der Waals surface area contributed by atoms with E-state index < -0.39 is 0 Å². The van der Waals surface area contributed by atoms with Gasteiger partial charge < -0.3 is 5.32 Å². The molecule has 1 N–H and O–H groups in total. The third kappa shape index (κ3) is 3.19. The summed E-state index contributed by atoms with van der Waals surface area (Å²) < 4.78 is 0. The summed E-state index contributed by atoms with van der Waals surface area (Å²) in [5, 5.41) is 3.65. The van der Waals surface area contributed by atoms with Crippen LogP contribution in [0.15, 0.2) is 42.7 Å². The van der Waals surface area contributed by atoms with Crippen molar-refractivity contribution in [2.24, 2.45) is 0 Å². The van der Waals surface area contributed by atoms with Gasteiger partial charge in [-0.3, -0.25) is 9.78 Å². The maximum atomic E-state index is 11.8. The van der Waals surface area contributed by atoms with Crippen LogP contribution in [0.2, 0.25) is 10.0 Å². The monoisotopic (exact) mass is 266 g/mol. The van der Waals surface area contributed by atoms with Crippen molar-refractivity contribution >= 4 is 34.8 Å². The van der Waals surface area contributed by atoms with Gasteiger partial charge in [0.05, 0.1) is 0 Å². The fourth-order valence-corrected chi connectivity index (χ4v) is 1.86. The fourth-order valence-electron chi connectivity index (χ4n) is 1.33. The lowest BCUT2D eigenvalue weighted by atomic mass is 10.2. The highest BCUT2D eigenvalue weighted by atomic mass is 35.5. The van der Waals surface area contributed by atoms with Crippen LogP contribution >= 0.6 is 23.2 Å². The molecule has 0 aliphatic carbocycles. The Labute approximate surface area is 108 Å². The number of carbonyl (C=O) groups excluding carboxylic acids is 1. The number of carbonyl (C=O) groups is 1. The van der Waals surface area contributed by atoms with Crippen molar-refractivity contribution in [3.05, 3.63) is 58.3 Å². The molecule has 0 bridgehead atoms. The Bertz CT molecular complexity index is 523. The van der Waals surface area contributed by atoms with Crippen molar-refractivity contribution in [3.63, 3.8) is 0 Å². The zero-order chi connectivity index (χ0) is 12.3. The molecule has 0 saturated carbocycles. The van der Waals surface area contributed by atoms with E-state index in [0.717, 1.165) is 0 Å². The number of rotatable bonds is 2. The highest BCUT2D eigenvalue weighted by Gasteiger charge is 2.06. The Balaban J connectivity index is 2.19. The van der Waals surface area contributed by atoms with Crippen LogP contribution in [0.5, 0.6) is 0 Å². The average molecular weight is 267 g/mol. The minimum absolute atomic E-state index is 0.231. The fraction of sp³-hybridized carbons (Fsp3) is 0. The molecule has 0 unspecified atom stereocenters. The van der Waals surface area contributed by atoms with Gasteiger partial charge in [0.1, 0.15) is 0 Å². The van der Waals surface area contributed by atoms with Crippen LogP contribution in [0.1, 0.15) is 10.4 Å². The van der Waals surface area contributed by atoms with Gasteiger partial charge in [-0.1, -0.05) is 23.2 Å². The summed E-state index contributed by atoms with van der Waals surface area (Å²) in [4.78, 5) is 15.7. The second-order valence-corrected chi connectivity index (χ2v) is 4.22. The zero-order valence-corrected chi connectivity index (χ0v) is 10.2. The Morgan fingerprint density at radius 3 is 2.24 bits per heavy atom. The Morgan fingerprint density at radius 1 is 1.06 bits per heavy atom. The van der Waals surface area contributed by atoms with E-state index in [0.29, 0.717) is 21.3 Å². The van der Waals surface area contributed by atoms with E-state index in [9.17, 15) is 4.79 Å². The zero-order valence-electron chi connectivity index (χ0n) is 8.65. The lowest BCUT2D eigenvalue weighted by molar-refractivity contribution is 0.102. The van der Waals surface area contributed by atoms with Crippen molar-refractivity contribution < 1.29 is 4.79 Å². The summed E-state index contributed by atoms with van der Waals surface area (Å²) in [5.41, 5.74) is 1.08. The Hall–Kier alpha value is -1.58. The van der Waals surface area contributed by atoms with E-state index in [-0.39, 0.29) is 5.91 Å². The molecule has 0 atom stereocenters. The summed E-state index contributed by atoms with van der Waals surface area (Å²) in [7, 11) is 0. The average Bonchev–Trinajstić information content (AvgIpc) is 2.28. The molecular formula is C12H8Cl2N2O. The van der Waals surface area contributed by atoms with Gasteiger partial charge in [-0.15, -0.1) is 0 Å². The summed E-state index contributed by atoms with van der Waals surface area (Å²) >= 11 is 11.7. The molecule has 1 aromatic heterocycles. The van der Waals surface area contributed by atoms with E-state index >= 15 is 0 Å². The molecule has 0 spiro atoms. The second-order valence-electron chi connectivity index (χ2n) is 3.35. The first-order chi connectivity index (χ1) is 8.15. The number of hydrogen-bond donors (Lipinski definition) is 1. The molecule has 0 saturated heterocycles. The molecular weight excluding hydrogens is 259 g/mol. The van der Waals surface area contributed by atoms with Gasteiger partial charge in [0.15, 0.2) is 0 Å². The lowest BCUT2D eigenvalue weighted by Crippen LogP contribution is -2.11. The summed E-state index contributed by atoms with van der Waals surface area (Å²) in [6.07, 6.45) is 3.11. The van der Waals surface area contributed by atoms with E-state index in [2.05, 4.69) is 10.3 Å². The van der Waals surface area contributed by atoms with Gasteiger partial charge in [-0.25, -0.2) is 0 Å². The molecule has 2 rings (SSSR count). The van der Waals surface area contributed by atoms with Crippen molar-refractivity contribution in [1.82, 2.24) is 4.98 Å². The maximum Gasteiger partial charge on any atom is 0.255 e. The molecule has 86 valence electrons. The SMILES string of the molecule is O=C(Nc1cc(Cl)cc(Cl)c1)c1ccncc1. The van der Waals surface area contributed by atoms with Gasteiger partial charge in [0.2, 0.25) is 0 Å². The van der Waals surface area contributed by atoms with Gasteiger partial charge in [-0.2, -0.15) is 0 Å². The minimum atomic E-state index is -0.231. The largest absolute Gasteiger partial charge is 0.322 e. The maximum absolute atomic E-state index is 11.8. The first-order valence-corrected chi connectivity index (χ1v) is 5.58. The van der Waals surface area contributed by atoms with Crippen LogP contribution in [-0.4, -0.2) is 10.9 Å². The van der Waals surface area contributed by atoms with Crippen molar-refractivity contribution in [1.29, 1.82) is 0 Å². The van der Waals surface area contributed by atoms with Gasteiger partial charge in [0.25, 0.3) is 5.91 Å². The first-order valence-electron chi connectivity index (χ1n) is 4.82. The predicted molar refractivity (Wildman–Crippen MR) is 68.7 cm³/mol. The number of anilines is 1. The molecule has 0 aliphatic heterocycles. The molecule has 0 fully saturated rings. The number of nitrogens with one attached hydrogen (secondary N) is 1. The molecule has 1 aromatic carbocycles. The summed E-state index contributed by atoms with van der Waals surface area (Å²) in [6.45, 7) is 0. The Morgan fingerprint density at radius 2 is 1.65 bits per heavy atom. The third-order valence-electron chi connectivity index (χ3n) is 2.06. The summed E-state index contributed by atoms with van der Waals surface area (Å²) in [5.74, 6) is -0.231. The van der Waals surface area contributed by atoms with Crippen LogP contribution in [-0.2, 0) is 0 Å². The standard InChI is InChI=1S/C12H8Cl2N2O/c13-9-5-10(14)7-11(6-9)16-12(17)8-1-3-15-4-2-8/h1-7H,(H,16,17). The number of nitrogens with zero attached hydrogens (tertiary/aromatic N) is 1. The second kappa shape index (κ2) is 5.17. The normalized spacial score (nSPS) is 10.0. The van der Waals surface area contributed by atoms with Gasteiger partial charge in [-0.05, 0) is 30.3 Å². The Kier molecular flexibility index (Phi) is 3.61. The van der Waals surface area contributed by atoms with Crippen LogP contribution in [0, 0.1) is 0 Å².